The van der Waals surface area contributed by atoms with Crippen LogP contribution in [0.1, 0.15) is 10.4 Å². The van der Waals surface area contributed by atoms with Gasteiger partial charge in [0.1, 0.15) is 5.75 Å². The van der Waals surface area contributed by atoms with Crippen molar-refractivity contribution < 1.29 is 24.1 Å². The van der Waals surface area contributed by atoms with E-state index < -0.39 is 5.97 Å². The zero-order valence-corrected chi connectivity index (χ0v) is 11.9. The van der Waals surface area contributed by atoms with Gasteiger partial charge in [-0.15, -0.1) is 0 Å². The van der Waals surface area contributed by atoms with Crippen LogP contribution in [0.25, 0.3) is 0 Å². The lowest BCUT2D eigenvalue weighted by molar-refractivity contribution is 0.0696. The van der Waals surface area contributed by atoms with Gasteiger partial charge in [-0.3, -0.25) is 0 Å². The summed E-state index contributed by atoms with van der Waals surface area (Å²) in [7, 11) is 2.88. The number of hydrogen-bond donors (Lipinski definition) is 1. The molecule has 1 heterocycles. The maximum absolute atomic E-state index is 11.0. The predicted octanol–water partition coefficient (Wildman–Crippen LogP) is 2.64. The number of nitrogens with zero attached hydrogens (tertiary/aromatic N) is 2. The number of methoxy groups -OCH3 is 2. The molecule has 0 saturated heterocycles. The van der Waals surface area contributed by atoms with Crippen molar-refractivity contribution >= 4 is 17.6 Å². The molecule has 0 spiro atoms. The maximum atomic E-state index is 11.0. The average molecular weight is 311 g/mol. The van der Waals surface area contributed by atoms with E-state index in [4.69, 9.17) is 30.9 Å². The molecule has 1 aromatic heterocycles. The number of halogens is 1. The molecule has 0 saturated carbocycles. The van der Waals surface area contributed by atoms with Gasteiger partial charge < -0.3 is 19.3 Å². The summed E-state index contributed by atoms with van der Waals surface area (Å²) in [5.41, 5.74) is -0.0796. The number of ether oxygens (including phenoxy) is 3. The standard InChI is InChI=1S/C13H11ClN2O5/c1-19-10-6-11(20-2)16-13(15-10)21-7-3-4-9(14)8(5-7)12(17)18/h3-6H,1-2H3,(H,17,18). The van der Waals surface area contributed by atoms with Crippen molar-refractivity contribution in [1.29, 1.82) is 0 Å². The topological polar surface area (TPSA) is 90.8 Å². The number of carboxylic acid groups (broad SMARTS) is 1. The molecule has 0 atom stereocenters. The second kappa shape index (κ2) is 6.27. The van der Waals surface area contributed by atoms with Crippen LogP contribution in [0.15, 0.2) is 24.3 Å². The smallest absolute Gasteiger partial charge is 0.337 e. The first kappa shape index (κ1) is 14.9. The van der Waals surface area contributed by atoms with Gasteiger partial charge >= 0.3 is 12.0 Å². The molecule has 2 aromatic rings. The van der Waals surface area contributed by atoms with Crippen LogP contribution in [-0.2, 0) is 0 Å². The van der Waals surface area contributed by atoms with E-state index in [1.807, 2.05) is 0 Å². The van der Waals surface area contributed by atoms with Crippen LogP contribution in [-0.4, -0.2) is 35.3 Å². The van der Waals surface area contributed by atoms with E-state index in [0.29, 0.717) is 0 Å². The largest absolute Gasteiger partial charge is 0.481 e. The van der Waals surface area contributed by atoms with E-state index in [0.717, 1.165) is 0 Å². The van der Waals surface area contributed by atoms with E-state index >= 15 is 0 Å². The van der Waals surface area contributed by atoms with Gasteiger partial charge in [-0.25, -0.2) is 4.79 Å². The van der Waals surface area contributed by atoms with Crippen LogP contribution < -0.4 is 14.2 Å². The number of rotatable bonds is 5. The molecular formula is C13H11ClN2O5. The first-order chi connectivity index (χ1) is 10.0. The fourth-order valence-electron chi connectivity index (χ4n) is 1.48. The van der Waals surface area contributed by atoms with Crippen molar-refractivity contribution in [1.82, 2.24) is 9.97 Å². The number of benzene rings is 1. The molecule has 1 aromatic carbocycles. The van der Waals surface area contributed by atoms with Gasteiger partial charge in [0.2, 0.25) is 11.8 Å². The lowest BCUT2D eigenvalue weighted by Gasteiger charge is -2.08. The van der Waals surface area contributed by atoms with Gasteiger partial charge in [0, 0.05) is 0 Å². The Morgan fingerprint density at radius 1 is 1.14 bits per heavy atom. The zero-order valence-electron chi connectivity index (χ0n) is 11.2. The van der Waals surface area contributed by atoms with Crippen molar-refractivity contribution in [2.75, 3.05) is 14.2 Å². The molecule has 0 aliphatic carbocycles. The molecule has 0 aliphatic heterocycles. The molecule has 2 rings (SSSR count). The summed E-state index contributed by atoms with van der Waals surface area (Å²) < 4.78 is 15.4. The third-order valence-corrected chi connectivity index (χ3v) is 2.78. The Hall–Kier alpha value is -2.54. The first-order valence-corrected chi connectivity index (χ1v) is 6.09. The fraction of sp³-hybridized carbons (Fsp3) is 0.154. The minimum Gasteiger partial charge on any atom is -0.481 e. The first-order valence-electron chi connectivity index (χ1n) is 5.71. The van der Waals surface area contributed by atoms with E-state index in [1.54, 1.807) is 0 Å². The molecule has 0 radical (unpaired) electrons. The monoisotopic (exact) mass is 310 g/mol. The van der Waals surface area contributed by atoms with Crippen LogP contribution >= 0.6 is 11.6 Å². The van der Waals surface area contributed by atoms with Crippen LogP contribution in [0, 0.1) is 0 Å². The third kappa shape index (κ3) is 3.51. The Balaban J connectivity index is 2.33. The lowest BCUT2D eigenvalue weighted by Crippen LogP contribution is -2.00. The SMILES string of the molecule is COc1cc(OC)nc(Oc2ccc(Cl)c(C(=O)O)c2)n1. The van der Waals surface area contributed by atoms with Crippen molar-refractivity contribution in [2.45, 2.75) is 0 Å². The molecule has 0 unspecified atom stereocenters. The van der Waals surface area contributed by atoms with Gasteiger partial charge in [0.25, 0.3) is 0 Å². The highest BCUT2D eigenvalue weighted by molar-refractivity contribution is 6.33. The van der Waals surface area contributed by atoms with E-state index in [1.165, 1.54) is 38.5 Å². The number of aromatic nitrogens is 2. The number of hydrogen-bond acceptors (Lipinski definition) is 6. The Morgan fingerprint density at radius 2 is 1.76 bits per heavy atom. The maximum Gasteiger partial charge on any atom is 0.337 e. The van der Waals surface area contributed by atoms with Gasteiger partial charge in [0.15, 0.2) is 0 Å². The number of carbonyl (C=O) groups is 1. The summed E-state index contributed by atoms with van der Waals surface area (Å²) in [6.07, 6.45) is 0. The van der Waals surface area contributed by atoms with Crippen molar-refractivity contribution in [3.8, 4) is 23.5 Å². The highest BCUT2D eigenvalue weighted by Gasteiger charge is 2.12. The van der Waals surface area contributed by atoms with Crippen molar-refractivity contribution in [3.05, 3.63) is 34.9 Å². The molecule has 7 nitrogen and oxygen atoms in total. The van der Waals surface area contributed by atoms with Gasteiger partial charge in [0.05, 0.1) is 30.9 Å². The van der Waals surface area contributed by atoms with Crippen molar-refractivity contribution in [2.24, 2.45) is 0 Å². The zero-order chi connectivity index (χ0) is 15.4. The summed E-state index contributed by atoms with van der Waals surface area (Å²) in [5, 5.41) is 9.12. The summed E-state index contributed by atoms with van der Waals surface area (Å²) in [6, 6.07) is 5.64. The Bertz CT molecular complexity index is 655. The molecule has 110 valence electrons. The minimum atomic E-state index is -1.16. The van der Waals surface area contributed by atoms with Crippen LogP contribution in [0.2, 0.25) is 5.02 Å². The molecule has 0 bridgehead atoms. The molecule has 8 heteroatoms. The third-order valence-electron chi connectivity index (χ3n) is 2.45. The van der Waals surface area contributed by atoms with E-state index in [9.17, 15) is 4.79 Å². The number of aromatic carboxylic acids is 1. The van der Waals surface area contributed by atoms with Crippen LogP contribution in [0.3, 0.4) is 0 Å². The Kier molecular flexibility index (Phi) is 4.44. The minimum absolute atomic E-state index is 0.0372. The summed E-state index contributed by atoms with van der Waals surface area (Å²) >= 11 is 5.78. The number of carboxylic acids is 1. The average Bonchev–Trinajstić information content (AvgIpc) is 2.48. The Morgan fingerprint density at radius 3 is 2.29 bits per heavy atom. The molecule has 0 fully saturated rings. The highest BCUT2D eigenvalue weighted by Crippen LogP contribution is 2.27. The van der Waals surface area contributed by atoms with Gasteiger partial charge in [-0.2, -0.15) is 9.97 Å². The molecule has 0 aliphatic rings. The van der Waals surface area contributed by atoms with Gasteiger partial charge in [-0.1, -0.05) is 11.6 Å². The second-order valence-electron chi connectivity index (χ2n) is 3.78. The highest BCUT2D eigenvalue weighted by atomic mass is 35.5. The van der Waals surface area contributed by atoms with Crippen LogP contribution in [0.4, 0.5) is 0 Å². The van der Waals surface area contributed by atoms with E-state index in [-0.39, 0.29) is 34.1 Å². The van der Waals surface area contributed by atoms with Gasteiger partial charge in [-0.05, 0) is 18.2 Å². The van der Waals surface area contributed by atoms with Crippen molar-refractivity contribution in [3.63, 3.8) is 0 Å². The van der Waals surface area contributed by atoms with Crippen LogP contribution in [0.5, 0.6) is 23.5 Å². The molecule has 1 N–H and O–H groups in total. The molecule has 21 heavy (non-hydrogen) atoms. The molecule has 0 amide bonds. The quantitative estimate of drug-likeness (QED) is 0.907. The summed E-state index contributed by atoms with van der Waals surface area (Å²) in [6.45, 7) is 0. The fourth-order valence-corrected chi connectivity index (χ4v) is 1.67. The lowest BCUT2D eigenvalue weighted by atomic mass is 10.2. The summed E-state index contributed by atoms with van der Waals surface area (Å²) in [4.78, 5) is 19.0. The normalized spacial score (nSPS) is 10.0. The van der Waals surface area contributed by atoms with E-state index in [2.05, 4.69) is 9.97 Å². The second-order valence-corrected chi connectivity index (χ2v) is 4.19. The molecular weight excluding hydrogens is 300 g/mol. The summed E-state index contributed by atoms with van der Waals surface area (Å²) in [5.74, 6) is -0.421. The Labute approximate surface area is 125 Å². The predicted molar refractivity (Wildman–Crippen MR) is 73.6 cm³/mol.